The summed E-state index contributed by atoms with van der Waals surface area (Å²) in [6.07, 6.45) is -0.672. The summed E-state index contributed by atoms with van der Waals surface area (Å²) in [6, 6.07) is 0. The van der Waals surface area contributed by atoms with E-state index >= 15 is 0 Å². The fourth-order valence-corrected chi connectivity index (χ4v) is 8.27. The molecule has 0 aromatic rings. The summed E-state index contributed by atoms with van der Waals surface area (Å²) in [7, 11) is 0. The molecule has 0 saturated heterocycles. The van der Waals surface area contributed by atoms with E-state index < -0.39 is 11.7 Å². The Bertz CT molecular complexity index is 530. The predicted octanol–water partition coefficient (Wildman–Crippen LogP) is 0.835. The van der Waals surface area contributed by atoms with Crippen LogP contribution >= 0.6 is 0 Å². The zero-order valence-electron chi connectivity index (χ0n) is 11.3. The van der Waals surface area contributed by atoms with Gasteiger partial charge in [0.2, 0.25) is 0 Å². The number of carbonyl (C=O) groups is 1. The van der Waals surface area contributed by atoms with Crippen LogP contribution in [0.1, 0.15) is 27.7 Å². The smallest absolute Gasteiger partial charge is 0.141 e. The molecule has 0 heterocycles. The molecule has 8 bridgehead atoms. The molecule has 0 radical (unpaired) electrons. The maximum absolute atomic E-state index is 12.4. The lowest BCUT2D eigenvalue weighted by molar-refractivity contribution is -0.461. The molecule has 0 aromatic carbocycles. The largest absolute Gasteiger partial charge is 0.390 e. The Morgan fingerprint density at radius 1 is 1.11 bits per heavy atom. The molecule has 8 unspecified atom stereocenters. The topological polar surface area (TPSA) is 57.5 Å². The third-order valence-electron chi connectivity index (χ3n) is 8.10. The van der Waals surface area contributed by atoms with E-state index in [9.17, 15) is 15.0 Å². The lowest BCUT2D eigenvalue weighted by Crippen LogP contribution is -2.97. The lowest BCUT2D eigenvalue weighted by atomic mass is 9.10. The van der Waals surface area contributed by atoms with Crippen LogP contribution in [0.25, 0.3) is 0 Å². The Labute approximate surface area is 107 Å². The SMILES string of the molecule is CC12C3C(=O)C1C1(C)C4C3C(C)(C)[C@H](O)C4(O)C21. The van der Waals surface area contributed by atoms with Crippen LogP contribution in [0.3, 0.4) is 0 Å². The third-order valence-corrected chi connectivity index (χ3v) is 8.10. The van der Waals surface area contributed by atoms with E-state index in [1.54, 1.807) is 0 Å². The molecule has 0 amide bonds. The third kappa shape index (κ3) is 0.499. The van der Waals surface area contributed by atoms with Crippen molar-refractivity contribution in [1.29, 1.82) is 0 Å². The minimum absolute atomic E-state index is 0.0191. The zero-order chi connectivity index (χ0) is 13.0. The van der Waals surface area contributed by atoms with Crippen molar-refractivity contribution in [3.63, 3.8) is 0 Å². The number of rotatable bonds is 0. The van der Waals surface area contributed by atoms with Gasteiger partial charge in [-0.1, -0.05) is 27.7 Å². The average Bonchev–Trinajstić information content (AvgIpc) is 2.36. The van der Waals surface area contributed by atoms with Crippen molar-refractivity contribution in [1.82, 2.24) is 0 Å². The minimum atomic E-state index is -0.911. The number of hydrogen-bond donors (Lipinski definition) is 2. The van der Waals surface area contributed by atoms with Crippen LogP contribution in [0.2, 0.25) is 0 Å². The molecule has 0 spiro atoms. The van der Waals surface area contributed by atoms with Crippen LogP contribution in [0.15, 0.2) is 0 Å². The van der Waals surface area contributed by atoms with Gasteiger partial charge < -0.3 is 10.2 Å². The van der Waals surface area contributed by atoms with Gasteiger partial charge >= 0.3 is 0 Å². The second kappa shape index (κ2) is 2.03. The normalized spacial score (nSPS) is 76.4. The fourth-order valence-electron chi connectivity index (χ4n) is 8.27. The van der Waals surface area contributed by atoms with Crippen LogP contribution in [0.4, 0.5) is 0 Å². The monoisotopic (exact) mass is 248 g/mol. The van der Waals surface area contributed by atoms with Gasteiger partial charge in [0.1, 0.15) is 5.78 Å². The molecule has 2 N–H and O–H groups in total. The Balaban J connectivity index is 1.83. The number of hydrogen-bond acceptors (Lipinski definition) is 3. The first-order chi connectivity index (χ1) is 8.16. The van der Waals surface area contributed by atoms with Crippen LogP contribution in [0.5, 0.6) is 0 Å². The molecule has 6 saturated carbocycles. The summed E-state index contributed by atoms with van der Waals surface area (Å²) >= 11 is 0. The van der Waals surface area contributed by atoms with Gasteiger partial charge in [0.15, 0.2) is 0 Å². The fraction of sp³-hybridized carbons (Fsp3) is 0.933. The molecule has 6 aliphatic rings. The lowest BCUT2D eigenvalue weighted by Gasteiger charge is -2.92. The molecule has 0 aliphatic heterocycles. The van der Waals surface area contributed by atoms with Crippen molar-refractivity contribution in [2.24, 2.45) is 45.8 Å². The summed E-state index contributed by atoms with van der Waals surface area (Å²) in [6.45, 7) is 8.43. The van der Waals surface area contributed by atoms with E-state index in [1.807, 2.05) is 13.8 Å². The Kier molecular flexibility index (Phi) is 1.17. The Morgan fingerprint density at radius 3 is 2.28 bits per heavy atom. The Morgan fingerprint density at radius 2 is 1.72 bits per heavy atom. The first-order valence-corrected chi connectivity index (χ1v) is 7.11. The van der Waals surface area contributed by atoms with Crippen LogP contribution in [0, 0.1) is 45.8 Å². The van der Waals surface area contributed by atoms with E-state index in [0.717, 1.165) is 0 Å². The molecule has 3 nitrogen and oxygen atoms in total. The molecule has 3 heteroatoms. The van der Waals surface area contributed by atoms with E-state index in [4.69, 9.17) is 0 Å². The molecule has 6 aliphatic carbocycles. The number of aliphatic hydroxyl groups is 2. The standard InChI is InChI=1S/C15H20O3/c1-12(2)6-5-7(16)9-13(5,3)10-14(9,4)8(6)15(10,18)11(12)17/h5-6,8-11,17-18H,1-4H3/t5?,6?,8?,9?,10?,11-,13?,14?,15?/m0/s1. The quantitative estimate of drug-likeness (QED) is 0.668. The molecule has 18 heavy (non-hydrogen) atoms. The van der Waals surface area contributed by atoms with Crippen molar-refractivity contribution < 1.29 is 15.0 Å². The summed E-state index contributed by atoms with van der Waals surface area (Å²) in [4.78, 5) is 12.4. The van der Waals surface area contributed by atoms with Gasteiger partial charge in [0, 0.05) is 23.7 Å². The Hall–Kier alpha value is -0.410. The van der Waals surface area contributed by atoms with Crippen molar-refractivity contribution in [3.8, 4) is 0 Å². The molecule has 0 aromatic heterocycles. The summed E-state index contributed by atoms with van der Waals surface area (Å²) in [5.74, 6) is 1.16. The first kappa shape index (κ1) is 10.4. The number of ketones is 1. The highest BCUT2D eigenvalue weighted by molar-refractivity contribution is 5.98. The van der Waals surface area contributed by atoms with Gasteiger partial charge in [-0.25, -0.2) is 0 Å². The highest BCUT2D eigenvalue weighted by atomic mass is 16.3. The molecule has 98 valence electrons. The molecule has 9 atom stereocenters. The second-order valence-corrected chi connectivity index (χ2v) is 8.59. The van der Waals surface area contributed by atoms with Crippen molar-refractivity contribution in [2.75, 3.05) is 0 Å². The number of Topliss-reactive ketones (excluding diaryl/α,β-unsaturated/α-hetero) is 1. The predicted molar refractivity (Wildman–Crippen MR) is 63.4 cm³/mol. The summed E-state index contributed by atoms with van der Waals surface area (Å²) < 4.78 is 0. The summed E-state index contributed by atoms with van der Waals surface area (Å²) in [5, 5.41) is 21.7. The highest BCUT2D eigenvalue weighted by Gasteiger charge is 3.02. The summed E-state index contributed by atoms with van der Waals surface area (Å²) in [5.41, 5.74) is -1.28. The average molecular weight is 248 g/mol. The van der Waals surface area contributed by atoms with Gasteiger partial charge in [-0.05, 0) is 22.2 Å². The van der Waals surface area contributed by atoms with E-state index in [1.165, 1.54) is 0 Å². The van der Waals surface area contributed by atoms with E-state index in [-0.39, 0.29) is 45.8 Å². The van der Waals surface area contributed by atoms with Gasteiger partial charge in [0.25, 0.3) is 0 Å². The maximum Gasteiger partial charge on any atom is 0.141 e. The van der Waals surface area contributed by atoms with Crippen molar-refractivity contribution in [3.05, 3.63) is 0 Å². The molecule has 6 fully saturated rings. The maximum atomic E-state index is 12.4. The molecular weight excluding hydrogens is 228 g/mol. The van der Waals surface area contributed by atoms with E-state index in [2.05, 4.69) is 13.8 Å². The minimum Gasteiger partial charge on any atom is -0.390 e. The van der Waals surface area contributed by atoms with Crippen molar-refractivity contribution >= 4 is 5.78 Å². The molecule has 6 rings (SSSR count). The first-order valence-electron chi connectivity index (χ1n) is 7.11. The van der Waals surface area contributed by atoms with Crippen LogP contribution in [-0.2, 0) is 4.79 Å². The zero-order valence-corrected chi connectivity index (χ0v) is 11.3. The van der Waals surface area contributed by atoms with Gasteiger partial charge in [-0.3, -0.25) is 4.79 Å². The van der Waals surface area contributed by atoms with Gasteiger partial charge in [0.05, 0.1) is 11.7 Å². The highest BCUT2D eigenvalue weighted by Crippen LogP contribution is 2.97. The number of carbonyl (C=O) groups excluding carboxylic acids is 1. The van der Waals surface area contributed by atoms with E-state index in [0.29, 0.717) is 5.78 Å². The van der Waals surface area contributed by atoms with Crippen molar-refractivity contribution in [2.45, 2.75) is 39.4 Å². The van der Waals surface area contributed by atoms with Gasteiger partial charge in [-0.2, -0.15) is 0 Å². The number of aliphatic hydroxyl groups excluding tert-OH is 1. The molecular formula is C15H20O3. The van der Waals surface area contributed by atoms with Crippen LogP contribution < -0.4 is 0 Å². The second-order valence-electron chi connectivity index (χ2n) is 8.59. The van der Waals surface area contributed by atoms with Crippen LogP contribution in [-0.4, -0.2) is 27.7 Å². The van der Waals surface area contributed by atoms with Gasteiger partial charge in [-0.15, -0.1) is 0 Å².